The number of halogens is 3. The average molecular weight is 518 g/mol. The summed E-state index contributed by atoms with van der Waals surface area (Å²) in [6.07, 6.45) is 2.73. The number of rotatable bonds is 4. The van der Waals surface area contributed by atoms with Crippen molar-refractivity contribution >= 4 is 34.7 Å². The van der Waals surface area contributed by atoms with Gasteiger partial charge in [-0.15, -0.1) is 11.8 Å². The number of nitrogens with zero attached hydrogens (tertiary/aromatic N) is 2. The highest BCUT2D eigenvalue weighted by Crippen LogP contribution is 2.63. The second-order valence-corrected chi connectivity index (χ2v) is 11.7. The van der Waals surface area contributed by atoms with Crippen LogP contribution in [0.25, 0.3) is 0 Å². The zero-order valence-electron chi connectivity index (χ0n) is 18.5. The summed E-state index contributed by atoms with van der Waals surface area (Å²) in [7, 11) is 0. The number of benzene rings is 1. The third-order valence-corrected chi connectivity index (χ3v) is 10.3. The maximum absolute atomic E-state index is 13.1. The Hall–Kier alpha value is -2.59. The van der Waals surface area contributed by atoms with Crippen LogP contribution in [0.4, 0.5) is 18.9 Å². The quantitative estimate of drug-likeness (QED) is 0.488. The number of alkyl halides is 3. The third-order valence-electron chi connectivity index (χ3n) is 7.51. The molecule has 1 aliphatic heterocycles. The Kier molecular flexibility index (Phi) is 5.56. The summed E-state index contributed by atoms with van der Waals surface area (Å²) in [5.41, 5.74) is 0.312. The van der Waals surface area contributed by atoms with Gasteiger partial charge in [0.05, 0.1) is 10.6 Å². The van der Waals surface area contributed by atoms with Crippen LogP contribution >= 0.6 is 23.1 Å². The number of aromatic nitrogens is 2. The summed E-state index contributed by atoms with van der Waals surface area (Å²) in [6.45, 7) is -0.237. The van der Waals surface area contributed by atoms with E-state index in [9.17, 15) is 22.8 Å². The van der Waals surface area contributed by atoms with Gasteiger partial charge in [-0.05, 0) is 66.8 Å². The van der Waals surface area contributed by atoms with Gasteiger partial charge in [0, 0.05) is 34.1 Å². The molecule has 0 saturated heterocycles. The number of carbonyl (C=O) groups is 1. The third kappa shape index (κ3) is 4.00. The molecule has 5 nitrogen and oxygen atoms in total. The molecule has 2 bridgehead atoms. The van der Waals surface area contributed by atoms with E-state index in [1.165, 1.54) is 47.3 Å². The second kappa shape index (κ2) is 8.51. The van der Waals surface area contributed by atoms with E-state index in [-0.39, 0.29) is 23.0 Å². The predicted octanol–water partition coefficient (Wildman–Crippen LogP) is 5.61. The molecule has 2 saturated carbocycles. The van der Waals surface area contributed by atoms with Crippen molar-refractivity contribution in [1.82, 2.24) is 9.55 Å². The lowest BCUT2D eigenvalue weighted by atomic mass is 9.75. The standard InChI is InChI=1S/C25H22F3N3O2S2/c26-25(27,28)16-4-1-5-17(10-16)30-18(32)12-31-23-22(35-24(31)33)20(15-3-2-8-29-11-15)19-13-6-7-14(9-13)21(19)34-23/h1-5,8,10-11,13-14,19-21H,6-7,9,12H2,(H,30,32)/t13?,14?,19?,20-,21?/m1/s1. The van der Waals surface area contributed by atoms with Crippen molar-refractivity contribution in [2.75, 3.05) is 5.32 Å². The fourth-order valence-electron chi connectivity index (χ4n) is 6.14. The van der Waals surface area contributed by atoms with E-state index in [1.54, 1.807) is 18.0 Å². The van der Waals surface area contributed by atoms with Crippen LogP contribution in [-0.4, -0.2) is 20.7 Å². The molecule has 5 atom stereocenters. The number of thiazole rings is 1. The first kappa shape index (κ1) is 22.8. The normalized spacial score (nSPS) is 26.9. The number of carbonyl (C=O) groups excluding carboxylic acids is 1. The molecule has 4 unspecified atom stereocenters. The molecule has 1 N–H and O–H groups in total. The topological polar surface area (TPSA) is 64.0 Å². The molecule has 0 spiro atoms. The molecule has 1 aromatic carbocycles. The van der Waals surface area contributed by atoms with Crippen molar-refractivity contribution in [1.29, 1.82) is 0 Å². The van der Waals surface area contributed by atoms with Gasteiger partial charge in [-0.1, -0.05) is 23.5 Å². The molecule has 2 aromatic heterocycles. The molecule has 2 fully saturated rings. The van der Waals surface area contributed by atoms with Crippen LogP contribution in [0, 0.1) is 17.8 Å². The fraction of sp³-hybridized carbons (Fsp3) is 0.400. The molecule has 6 rings (SSSR count). The number of anilines is 1. The smallest absolute Gasteiger partial charge is 0.325 e. The number of thioether (sulfide) groups is 1. The van der Waals surface area contributed by atoms with Crippen molar-refractivity contribution in [3.8, 4) is 0 Å². The van der Waals surface area contributed by atoms with Gasteiger partial charge in [0.25, 0.3) is 0 Å². The van der Waals surface area contributed by atoms with Crippen molar-refractivity contribution in [3.63, 3.8) is 0 Å². The molecule has 35 heavy (non-hydrogen) atoms. The van der Waals surface area contributed by atoms with Gasteiger partial charge in [-0.3, -0.25) is 19.1 Å². The minimum atomic E-state index is -4.50. The predicted molar refractivity (Wildman–Crippen MR) is 129 cm³/mol. The molecule has 2 aliphatic carbocycles. The lowest BCUT2D eigenvalue weighted by molar-refractivity contribution is -0.137. The first-order chi connectivity index (χ1) is 16.8. The van der Waals surface area contributed by atoms with Crippen LogP contribution in [0.3, 0.4) is 0 Å². The van der Waals surface area contributed by atoms with Crippen molar-refractivity contribution in [2.24, 2.45) is 17.8 Å². The summed E-state index contributed by atoms with van der Waals surface area (Å²) in [4.78, 5) is 31.0. The lowest BCUT2D eigenvalue weighted by Crippen LogP contribution is -2.34. The molecule has 3 aromatic rings. The van der Waals surface area contributed by atoms with Crippen LogP contribution in [-0.2, 0) is 17.5 Å². The summed E-state index contributed by atoms with van der Waals surface area (Å²) >= 11 is 2.90. The largest absolute Gasteiger partial charge is 0.416 e. The van der Waals surface area contributed by atoms with Gasteiger partial charge < -0.3 is 5.32 Å². The number of amides is 1. The maximum Gasteiger partial charge on any atom is 0.416 e. The molecule has 10 heteroatoms. The average Bonchev–Trinajstić information content (AvgIpc) is 3.52. The van der Waals surface area contributed by atoms with E-state index in [0.717, 1.165) is 27.6 Å². The van der Waals surface area contributed by atoms with E-state index >= 15 is 0 Å². The summed E-state index contributed by atoms with van der Waals surface area (Å²) in [5.74, 6) is 1.22. The van der Waals surface area contributed by atoms with Crippen LogP contribution in [0.5, 0.6) is 0 Å². The van der Waals surface area contributed by atoms with Crippen molar-refractivity contribution in [2.45, 2.75) is 48.2 Å². The number of fused-ring (bicyclic) bond motifs is 6. The van der Waals surface area contributed by atoms with Gasteiger partial charge >= 0.3 is 11.0 Å². The number of hydrogen-bond donors (Lipinski definition) is 1. The van der Waals surface area contributed by atoms with Crippen LogP contribution < -0.4 is 10.2 Å². The van der Waals surface area contributed by atoms with Crippen LogP contribution in [0.2, 0.25) is 0 Å². The molecule has 3 aliphatic rings. The van der Waals surface area contributed by atoms with E-state index in [2.05, 4.69) is 16.4 Å². The Labute approximate surface area is 207 Å². The minimum Gasteiger partial charge on any atom is -0.325 e. The van der Waals surface area contributed by atoms with Gasteiger partial charge in [0.2, 0.25) is 5.91 Å². The minimum absolute atomic E-state index is 0.0519. The number of nitrogens with one attached hydrogen (secondary N) is 1. The Morgan fingerprint density at radius 3 is 2.77 bits per heavy atom. The molecular formula is C25H22F3N3O2S2. The number of hydrogen-bond acceptors (Lipinski definition) is 5. The van der Waals surface area contributed by atoms with E-state index in [4.69, 9.17) is 0 Å². The summed E-state index contributed by atoms with van der Waals surface area (Å²) in [5, 5.41) is 3.74. The maximum atomic E-state index is 13.1. The zero-order chi connectivity index (χ0) is 24.3. The molecule has 3 heterocycles. The highest BCUT2D eigenvalue weighted by atomic mass is 32.2. The highest BCUT2D eigenvalue weighted by molar-refractivity contribution is 8.00. The van der Waals surface area contributed by atoms with Crippen molar-refractivity contribution in [3.05, 3.63) is 74.5 Å². The van der Waals surface area contributed by atoms with Crippen LogP contribution in [0.1, 0.15) is 41.2 Å². The Balaban J connectivity index is 1.32. The molecular weight excluding hydrogens is 495 g/mol. The van der Waals surface area contributed by atoms with Gasteiger partial charge in [-0.2, -0.15) is 13.2 Å². The molecule has 0 radical (unpaired) electrons. The monoisotopic (exact) mass is 517 g/mol. The molecule has 182 valence electrons. The molecule has 1 amide bonds. The van der Waals surface area contributed by atoms with E-state index in [0.29, 0.717) is 23.0 Å². The van der Waals surface area contributed by atoms with Gasteiger partial charge in [-0.25, -0.2) is 0 Å². The summed E-state index contributed by atoms with van der Waals surface area (Å²) < 4.78 is 40.6. The van der Waals surface area contributed by atoms with Crippen LogP contribution in [0.15, 0.2) is 58.6 Å². The Bertz CT molecular complexity index is 1340. The highest BCUT2D eigenvalue weighted by Gasteiger charge is 2.55. The van der Waals surface area contributed by atoms with Gasteiger partial charge in [0.15, 0.2) is 0 Å². The Morgan fingerprint density at radius 2 is 2.00 bits per heavy atom. The SMILES string of the molecule is O=C(Cn1c2c(sc1=O)[C@H](c1cccnc1)C1C3CCC(C3)C1S2)Nc1cccc(C(F)(F)F)c1. The zero-order valence-corrected chi connectivity index (χ0v) is 20.1. The first-order valence-corrected chi connectivity index (χ1v) is 13.3. The first-order valence-electron chi connectivity index (χ1n) is 11.6. The summed E-state index contributed by atoms with van der Waals surface area (Å²) in [6, 6.07) is 8.50. The van der Waals surface area contributed by atoms with E-state index in [1.807, 2.05) is 12.3 Å². The Morgan fingerprint density at radius 1 is 1.17 bits per heavy atom. The lowest BCUT2D eigenvalue weighted by Gasteiger charge is -2.40. The van der Waals surface area contributed by atoms with E-state index < -0.39 is 17.6 Å². The van der Waals surface area contributed by atoms with Gasteiger partial charge in [0.1, 0.15) is 6.54 Å². The van der Waals surface area contributed by atoms with Crippen molar-refractivity contribution < 1.29 is 18.0 Å². The fourth-order valence-corrected chi connectivity index (χ4v) is 9.29. The second-order valence-electron chi connectivity index (χ2n) is 9.51. The number of pyridine rings is 1.